The first-order chi connectivity index (χ1) is 12.3. The van der Waals surface area contributed by atoms with Crippen molar-refractivity contribution < 1.29 is 29.6 Å². The normalized spacial score (nSPS) is 27.0. The van der Waals surface area contributed by atoms with Crippen molar-refractivity contribution in [2.75, 3.05) is 12.4 Å². The summed E-state index contributed by atoms with van der Waals surface area (Å²) >= 11 is 0. The molecule has 0 radical (unpaired) electrons. The maximum Gasteiger partial charge on any atom is 0.342 e. The minimum Gasteiger partial charge on any atom is -0.507 e. The van der Waals surface area contributed by atoms with Crippen LogP contribution in [0.25, 0.3) is 6.08 Å². The summed E-state index contributed by atoms with van der Waals surface area (Å²) < 4.78 is 5.33. The van der Waals surface area contributed by atoms with E-state index in [9.17, 15) is 24.9 Å². The molecule has 2 rings (SSSR count). The van der Waals surface area contributed by atoms with Gasteiger partial charge in [-0.15, -0.1) is 0 Å². The van der Waals surface area contributed by atoms with E-state index in [-0.39, 0.29) is 24.2 Å². The number of aliphatic hydroxyl groups is 2. The van der Waals surface area contributed by atoms with Gasteiger partial charge in [-0.3, -0.25) is 4.79 Å². The van der Waals surface area contributed by atoms with E-state index in [0.717, 1.165) is 6.08 Å². The third-order valence-electron chi connectivity index (χ3n) is 4.03. The summed E-state index contributed by atoms with van der Waals surface area (Å²) in [7, 11) is 1.67. The van der Waals surface area contributed by atoms with E-state index >= 15 is 0 Å². The predicted octanol–water partition coefficient (Wildman–Crippen LogP) is 1.63. The van der Waals surface area contributed by atoms with Crippen LogP contribution in [-0.2, 0) is 9.53 Å². The second-order valence-electron chi connectivity index (χ2n) is 6.12. The Labute approximate surface area is 151 Å². The number of aromatic hydroxyl groups is 1. The van der Waals surface area contributed by atoms with Crippen LogP contribution in [0, 0.1) is 0 Å². The van der Waals surface area contributed by atoms with Crippen LogP contribution >= 0.6 is 0 Å². The number of phenolic OH excluding ortho intramolecular Hbond substituents is 1. The molecule has 0 aromatic heterocycles. The van der Waals surface area contributed by atoms with Crippen LogP contribution in [0.4, 0.5) is 5.69 Å². The summed E-state index contributed by atoms with van der Waals surface area (Å²) in [6.07, 6.45) is 2.58. The molecule has 7 heteroatoms. The third kappa shape index (κ3) is 4.71. The lowest BCUT2D eigenvalue weighted by atomic mass is 10.0. The fourth-order valence-corrected chi connectivity index (χ4v) is 2.56. The van der Waals surface area contributed by atoms with Crippen LogP contribution in [0.15, 0.2) is 30.4 Å². The Morgan fingerprint density at radius 2 is 1.81 bits per heavy atom. The van der Waals surface area contributed by atoms with Crippen molar-refractivity contribution in [2.24, 2.45) is 0 Å². The van der Waals surface area contributed by atoms with Gasteiger partial charge in [-0.2, -0.15) is 0 Å². The van der Waals surface area contributed by atoms with Crippen LogP contribution in [0.5, 0.6) is 5.75 Å². The number of hydrogen-bond donors (Lipinski definition) is 4. The number of carbonyl (C=O) groups is 2. The zero-order valence-electron chi connectivity index (χ0n) is 14.7. The summed E-state index contributed by atoms with van der Waals surface area (Å²) in [5.74, 6) is -1.53. The fourth-order valence-electron chi connectivity index (χ4n) is 2.56. The molecule has 0 amide bonds. The molecule has 1 aromatic carbocycles. The Hall–Kier alpha value is -2.64. The number of cyclic esters (lactones) is 1. The minimum atomic E-state index is -1.53. The quantitative estimate of drug-likeness (QED) is 0.562. The lowest BCUT2D eigenvalue weighted by Gasteiger charge is -2.16. The topological polar surface area (TPSA) is 116 Å². The molecule has 3 atom stereocenters. The first-order valence-electron chi connectivity index (χ1n) is 8.32. The standard InChI is InChI=1S/C19H23NO6/c1-11-5-3-7-14(21)18(24)15(22)8-4-6-12-9-13(20-2)10-16(23)17(12)19(25)26-11/h3-4,6-7,9-11,15,18,20,22-24H,5,8H2,1-2H3/b6-4+,7-3-/t11-,15-,18+/m0/s1. The number of ketones is 1. The molecule has 0 spiro atoms. The van der Waals surface area contributed by atoms with Crippen LogP contribution in [0.1, 0.15) is 35.7 Å². The van der Waals surface area contributed by atoms with E-state index in [2.05, 4.69) is 5.32 Å². The zero-order valence-corrected chi connectivity index (χ0v) is 14.7. The van der Waals surface area contributed by atoms with Gasteiger partial charge in [0.2, 0.25) is 0 Å². The summed E-state index contributed by atoms with van der Waals surface area (Å²) in [6, 6.07) is 3.07. The largest absolute Gasteiger partial charge is 0.507 e. The molecule has 0 bridgehead atoms. The number of rotatable bonds is 1. The number of carbonyl (C=O) groups excluding carboxylic acids is 2. The zero-order chi connectivity index (χ0) is 19.3. The molecule has 0 fully saturated rings. The number of esters is 1. The molecule has 4 N–H and O–H groups in total. The molecule has 0 unspecified atom stereocenters. The summed E-state index contributed by atoms with van der Waals surface area (Å²) in [6.45, 7) is 1.65. The van der Waals surface area contributed by atoms with Gasteiger partial charge in [0.1, 0.15) is 23.5 Å². The molecule has 7 nitrogen and oxygen atoms in total. The predicted molar refractivity (Wildman–Crippen MR) is 97.0 cm³/mol. The Bertz CT molecular complexity index is 740. The van der Waals surface area contributed by atoms with Crippen molar-refractivity contribution in [1.29, 1.82) is 0 Å². The van der Waals surface area contributed by atoms with Gasteiger partial charge in [0.25, 0.3) is 0 Å². The third-order valence-corrected chi connectivity index (χ3v) is 4.03. The number of benzene rings is 1. The molecule has 140 valence electrons. The average molecular weight is 361 g/mol. The number of phenols is 1. The van der Waals surface area contributed by atoms with Crippen molar-refractivity contribution in [3.63, 3.8) is 0 Å². The van der Waals surface area contributed by atoms with E-state index in [1.54, 1.807) is 20.0 Å². The van der Waals surface area contributed by atoms with Crippen LogP contribution < -0.4 is 5.32 Å². The summed E-state index contributed by atoms with van der Waals surface area (Å²) in [5.41, 5.74) is 0.998. The van der Waals surface area contributed by atoms with E-state index < -0.39 is 30.1 Å². The lowest BCUT2D eigenvalue weighted by Crippen LogP contribution is -2.32. The smallest absolute Gasteiger partial charge is 0.342 e. The first kappa shape index (κ1) is 19.7. The van der Waals surface area contributed by atoms with E-state index in [1.165, 1.54) is 24.3 Å². The minimum absolute atomic E-state index is 0.00379. The Balaban J connectivity index is 2.45. The Morgan fingerprint density at radius 3 is 2.50 bits per heavy atom. The second kappa shape index (κ2) is 8.64. The van der Waals surface area contributed by atoms with Gasteiger partial charge in [-0.25, -0.2) is 4.79 Å². The van der Waals surface area contributed by atoms with Gasteiger partial charge >= 0.3 is 5.97 Å². The first-order valence-corrected chi connectivity index (χ1v) is 8.32. The highest BCUT2D eigenvalue weighted by Crippen LogP contribution is 2.29. The average Bonchev–Trinajstić information content (AvgIpc) is 2.59. The van der Waals surface area contributed by atoms with Gasteiger partial charge in [0.05, 0.1) is 6.10 Å². The van der Waals surface area contributed by atoms with Crippen molar-refractivity contribution in [3.05, 3.63) is 41.5 Å². The molecule has 1 heterocycles. The highest BCUT2D eigenvalue weighted by atomic mass is 16.5. The van der Waals surface area contributed by atoms with E-state index in [0.29, 0.717) is 11.3 Å². The van der Waals surface area contributed by atoms with Crippen LogP contribution in [-0.4, -0.2) is 52.4 Å². The molecule has 1 aliphatic heterocycles. The van der Waals surface area contributed by atoms with Gasteiger partial charge < -0.3 is 25.4 Å². The van der Waals surface area contributed by atoms with Crippen molar-refractivity contribution in [3.8, 4) is 5.75 Å². The van der Waals surface area contributed by atoms with Gasteiger partial charge in [0.15, 0.2) is 5.78 Å². The number of aliphatic hydroxyl groups excluding tert-OH is 2. The van der Waals surface area contributed by atoms with Gasteiger partial charge in [-0.05, 0) is 31.1 Å². The second-order valence-corrected chi connectivity index (χ2v) is 6.12. The molecule has 1 aromatic rings. The van der Waals surface area contributed by atoms with Crippen molar-refractivity contribution in [1.82, 2.24) is 0 Å². The monoisotopic (exact) mass is 361 g/mol. The molecule has 0 aliphatic carbocycles. The van der Waals surface area contributed by atoms with Crippen molar-refractivity contribution >= 4 is 23.5 Å². The molecule has 1 aliphatic rings. The maximum atomic E-state index is 12.5. The number of hydrogen-bond acceptors (Lipinski definition) is 7. The molecule has 0 saturated heterocycles. The molecular formula is C19H23NO6. The summed E-state index contributed by atoms with van der Waals surface area (Å²) in [5, 5.41) is 32.9. The number of anilines is 1. The number of nitrogens with one attached hydrogen (secondary N) is 1. The highest BCUT2D eigenvalue weighted by Gasteiger charge is 2.23. The fraction of sp³-hybridized carbons (Fsp3) is 0.368. The van der Waals surface area contributed by atoms with E-state index in [1.807, 2.05) is 0 Å². The number of ether oxygens (including phenoxy) is 1. The molecular weight excluding hydrogens is 338 g/mol. The van der Waals surface area contributed by atoms with Crippen LogP contribution in [0.2, 0.25) is 0 Å². The van der Waals surface area contributed by atoms with Gasteiger partial charge in [-0.1, -0.05) is 18.2 Å². The van der Waals surface area contributed by atoms with Gasteiger partial charge in [0, 0.05) is 25.2 Å². The Morgan fingerprint density at radius 1 is 1.12 bits per heavy atom. The maximum absolute atomic E-state index is 12.5. The van der Waals surface area contributed by atoms with E-state index in [4.69, 9.17) is 4.74 Å². The Kier molecular flexibility index (Phi) is 6.54. The van der Waals surface area contributed by atoms with Crippen molar-refractivity contribution in [2.45, 2.75) is 38.1 Å². The summed E-state index contributed by atoms with van der Waals surface area (Å²) in [4.78, 5) is 24.3. The van der Waals surface area contributed by atoms with Crippen LogP contribution in [0.3, 0.4) is 0 Å². The highest BCUT2D eigenvalue weighted by molar-refractivity contribution is 5.97. The SMILES string of the molecule is CNc1cc(O)c2c(c1)/C=C/C[C@H](O)[C@H](O)C(=O)/C=C\C[C@H](C)OC2=O. The molecule has 26 heavy (non-hydrogen) atoms. The number of fused-ring (bicyclic) bond motifs is 1. The lowest BCUT2D eigenvalue weighted by molar-refractivity contribution is -0.127. The molecule has 0 saturated carbocycles.